The van der Waals surface area contributed by atoms with Crippen LogP contribution >= 0.6 is 11.9 Å². The van der Waals surface area contributed by atoms with Gasteiger partial charge in [-0.25, -0.2) is 18.1 Å². The summed E-state index contributed by atoms with van der Waals surface area (Å²) in [5.74, 6) is -1.40. The van der Waals surface area contributed by atoms with Crippen molar-refractivity contribution in [3.63, 3.8) is 0 Å². The third kappa shape index (κ3) is 4.64. The molecule has 0 unspecified atom stereocenters. The molecule has 0 bridgehead atoms. The summed E-state index contributed by atoms with van der Waals surface area (Å²) in [6.45, 7) is 5.03. The van der Waals surface area contributed by atoms with E-state index in [9.17, 15) is 18.0 Å². The molecule has 2 aliphatic heterocycles. The normalized spacial score (nSPS) is 16.9. The van der Waals surface area contributed by atoms with Crippen LogP contribution in [0, 0.1) is 5.41 Å². The molecule has 3 heterocycles. The van der Waals surface area contributed by atoms with E-state index >= 15 is 0 Å². The molecule has 1 N–H and O–H groups in total. The molecule has 1 aromatic heterocycles. The Kier molecular flexibility index (Phi) is 6.63. The zero-order valence-corrected chi connectivity index (χ0v) is 20.5. The van der Waals surface area contributed by atoms with Crippen molar-refractivity contribution in [2.75, 3.05) is 6.61 Å². The van der Waals surface area contributed by atoms with Crippen molar-refractivity contribution < 1.29 is 31.9 Å². The molecule has 11 nitrogen and oxygen atoms in total. The van der Waals surface area contributed by atoms with Gasteiger partial charge in [0.1, 0.15) is 5.84 Å². The lowest BCUT2D eigenvalue weighted by Gasteiger charge is -2.25. The van der Waals surface area contributed by atoms with E-state index in [1.165, 1.54) is 44.4 Å². The molecule has 182 valence electrons. The monoisotopic (exact) mass is 516 g/mol. The molecule has 0 saturated carbocycles. The molecule has 0 saturated heterocycles. The predicted molar refractivity (Wildman–Crippen MR) is 130 cm³/mol. The van der Waals surface area contributed by atoms with E-state index in [-0.39, 0.29) is 45.6 Å². The van der Waals surface area contributed by atoms with Crippen LogP contribution in [-0.4, -0.2) is 53.2 Å². The first kappa shape index (κ1) is 24.4. The molecule has 0 aliphatic carbocycles. The number of ether oxygens (including phenoxy) is 2. The number of nitrogens with one attached hydrogen (secondary N) is 1. The smallest absolute Gasteiger partial charge is 0.379 e. The number of carbonyl (C=O) groups excluding carboxylic acids is 2. The molecule has 2 aromatic rings. The maximum atomic E-state index is 12.7. The number of hydrogen-bond acceptors (Lipinski definition) is 10. The van der Waals surface area contributed by atoms with Gasteiger partial charge in [-0.2, -0.15) is 9.39 Å². The molecule has 0 spiro atoms. The van der Waals surface area contributed by atoms with Crippen LogP contribution in [0.3, 0.4) is 0 Å². The number of furan rings is 1. The van der Waals surface area contributed by atoms with Crippen LogP contribution in [0.2, 0.25) is 0 Å². The lowest BCUT2D eigenvalue weighted by molar-refractivity contribution is -0.114. The molecule has 0 radical (unpaired) electrons. The van der Waals surface area contributed by atoms with E-state index in [2.05, 4.69) is 9.39 Å². The molecular weight excluding hydrogens is 496 g/mol. The van der Waals surface area contributed by atoms with Gasteiger partial charge in [-0.05, 0) is 56.7 Å². The number of benzene rings is 1. The number of nitrogens with zero attached hydrogens (tertiary/aromatic N) is 3. The van der Waals surface area contributed by atoms with Crippen LogP contribution in [0.4, 0.5) is 0 Å². The summed E-state index contributed by atoms with van der Waals surface area (Å²) in [7, 11) is -3.82. The van der Waals surface area contributed by atoms with Gasteiger partial charge in [0.05, 0.1) is 35.6 Å². The highest BCUT2D eigenvalue weighted by molar-refractivity contribution is 8.16. The van der Waals surface area contributed by atoms with Crippen LogP contribution in [0.1, 0.15) is 36.9 Å². The number of esters is 1. The van der Waals surface area contributed by atoms with Crippen LogP contribution in [0.5, 0.6) is 11.5 Å². The summed E-state index contributed by atoms with van der Waals surface area (Å²) in [6, 6.07) is 7.58. The first-order valence-electron chi connectivity index (χ1n) is 10.4. The van der Waals surface area contributed by atoms with E-state index < -0.39 is 27.0 Å². The number of aliphatic imine (C=N–C) groups is 1. The molecule has 1 aromatic carbocycles. The van der Waals surface area contributed by atoms with E-state index in [1.807, 2.05) is 0 Å². The summed E-state index contributed by atoms with van der Waals surface area (Å²) >= 11 is 0.730. The topological polar surface area (TPSA) is 152 Å². The second kappa shape index (κ2) is 9.50. The number of carbonyl (C=O) groups is 2. The van der Waals surface area contributed by atoms with Gasteiger partial charge >= 0.3 is 5.97 Å². The molecule has 1 amide bonds. The maximum absolute atomic E-state index is 12.7. The Morgan fingerprint density at radius 1 is 1.29 bits per heavy atom. The Labute approximate surface area is 205 Å². The highest BCUT2D eigenvalue weighted by atomic mass is 32.2. The lowest BCUT2D eigenvalue weighted by atomic mass is 10.1. The van der Waals surface area contributed by atoms with E-state index in [0.29, 0.717) is 5.56 Å². The number of sulfone groups is 1. The molecule has 0 fully saturated rings. The minimum absolute atomic E-state index is 0.00608. The van der Waals surface area contributed by atoms with Gasteiger partial charge < -0.3 is 13.9 Å². The van der Waals surface area contributed by atoms with Crippen LogP contribution in [0.25, 0.3) is 6.08 Å². The van der Waals surface area contributed by atoms with Crippen molar-refractivity contribution in [1.82, 2.24) is 4.90 Å². The average Bonchev–Trinajstić information content (AvgIpc) is 3.49. The highest BCUT2D eigenvalue weighted by Crippen LogP contribution is 2.33. The fourth-order valence-corrected chi connectivity index (χ4v) is 5.14. The van der Waals surface area contributed by atoms with Crippen molar-refractivity contribution in [3.05, 3.63) is 53.5 Å². The minimum atomic E-state index is -3.82. The Bertz CT molecular complexity index is 1410. The first-order valence-corrected chi connectivity index (χ1v) is 12.7. The third-order valence-corrected chi connectivity index (χ3v) is 7.71. The zero-order chi connectivity index (χ0) is 25.3. The van der Waals surface area contributed by atoms with Gasteiger partial charge in [0.15, 0.2) is 11.5 Å². The van der Waals surface area contributed by atoms with Gasteiger partial charge in [-0.15, -0.1) is 0 Å². The van der Waals surface area contributed by atoms with Gasteiger partial charge in [-0.3, -0.25) is 10.2 Å². The zero-order valence-electron chi connectivity index (χ0n) is 18.8. The van der Waals surface area contributed by atoms with E-state index in [0.717, 1.165) is 16.8 Å². The molecule has 2 aliphatic rings. The van der Waals surface area contributed by atoms with Gasteiger partial charge in [0, 0.05) is 0 Å². The molecule has 13 heteroatoms. The second-order valence-electron chi connectivity index (χ2n) is 7.51. The fraction of sp³-hybridized carbons (Fsp3) is 0.227. The van der Waals surface area contributed by atoms with Crippen molar-refractivity contribution in [2.24, 2.45) is 9.39 Å². The highest BCUT2D eigenvalue weighted by Gasteiger charge is 2.43. The molecule has 4 rings (SSSR count). The Hall–Kier alpha value is -3.71. The van der Waals surface area contributed by atoms with Gasteiger partial charge in [0.2, 0.25) is 25.9 Å². The maximum Gasteiger partial charge on any atom is 0.379 e. The van der Waals surface area contributed by atoms with Crippen LogP contribution < -0.4 is 9.47 Å². The van der Waals surface area contributed by atoms with E-state index in [1.54, 1.807) is 19.1 Å². The average molecular weight is 517 g/mol. The number of amides is 1. The first-order chi connectivity index (χ1) is 16.6. The summed E-state index contributed by atoms with van der Waals surface area (Å²) in [5, 5.41) is 7.43. The summed E-state index contributed by atoms with van der Waals surface area (Å²) in [6.07, 6.45) is 2.73. The fourth-order valence-electron chi connectivity index (χ4n) is 3.07. The number of fused-ring (bicyclic) bond motifs is 1. The van der Waals surface area contributed by atoms with Gasteiger partial charge in [-0.1, -0.05) is 6.07 Å². The standard InChI is InChI=1S/C22H20N4O7S2/c1-4-31-17-11-13(7-8-15(17)33-20(28)16-6-5-9-32-16)10-14-18(23)26-21(24-19(14)27)34-25-22(26)35(29,30)12(2)3/h5-12,23H,4H2,1-3H3. The Balaban J connectivity index is 1.66. The number of hydrogen-bond donors (Lipinski definition) is 1. The largest absolute Gasteiger partial charge is 0.490 e. The Morgan fingerprint density at radius 3 is 2.71 bits per heavy atom. The second-order valence-corrected chi connectivity index (χ2v) is 10.6. The van der Waals surface area contributed by atoms with Crippen molar-refractivity contribution in [3.8, 4) is 11.5 Å². The SMILES string of the molecule is CCOc1cc(C=C2C(=N)N3C(=NC2=O)SN=C3S(=O)(=O)C(C)C)ccc1OC(=O)c1ccco1. The molecular formula is C22H20N4O7S2. The van der Waals surface area contributed by atoms with Crippen molar-refractivity contribution >= 4 is 55.9 Å². The van der Waals surface area contributed by atoms with Crippen LogP contribution in [0.15, 0.2) is 56.0 Å². The lowest BCUT2D eigenvalue weighted by Crippen LogP contribution is -2.46. The summed E-state index contributed by atoms with van der Waals surface area (Å²) in [4.78, 5) is 29.9. The predicted octanol–water partition coefficient (Wildman–Crippen LogP) is 3.30. The summed E-state index contributed by atoms with van der Waals surface area (Å²) in [5.41, 5.74) is 0.306. The molecule has 0 atom stereocenters. The number of amidine groups is 3. The quantitative estimate of drug-likeness (QED) is 0.264. The van der Waals surface area contributed by atoms with Crippen LogP contribution in [-0.2, 0) is 14.6 Å². The van der Waals surface area contributed by atoms with E-state index in [4.69, 9.17) is 19.3 Å². The summed E-state index contributed by atoms with van der Waals surface area (Å²) < 4.78 is 45.3. The van der Waals surface area contributed by atoms with Crippen molar-refractivity contribution in [2.45, 2.75) is 26.0 Å². The third-order valence-electron chi connectivity index (χ3n) is 4.87. The minimum Gasteiger partial charge on any atom is -0.490 e. The van der Waals surface area contributed by atoms with Gasteiger partial charge in [0.25, 0.3) is 5.91 Å². The number of rotatable bonds is 6. The Morgan fingerprint density at radius 2 is 2.06 bits per heavy atom. The molecule has 35 heavy (non-hydrogen) atoms. The van der Waals surface area contributed by atoms with Crippen molar-refractivity contribution in [1.29, 1.82) is 5.41 Å².